The number of carbonyl (C=O) groups is 1. The van der Waals surface area contributed by atoms with E-state index in [1.807, 2.05) is 6.92 Å². The number of fused-ring (bicyclic) bond motifs is 1. The van der Waals surface area contributed by atoms with Crippen LogP contribution in [0.3, 0.4) is 0 Å². The van der Waals surface area contributed by atoms with Crippen molar-refractivity contribution >= 4 is 17.7 Å². The lowest BCUT2D eigenvalue weighted by atomic mass is 9.86. The van der Waals surface area contributed by atoms with E-state index < -0.39 is 65.0 Å². The minimum atomic E-state index is -5.13. The molecule has 2 heterocycles. The fourth-order valence-corrected chi connectivity index (χ4v) is 5.81. The molecule has 2 aromatic carbocycles. The van der Waals surface area contributed by atoms with Gasteiger partial charge in [0.25, 0.3) is 5.95 Å². The summed E-state index contributed by atoms with van der Waals surface area (Å²) in [6.45, 7) is 2.69. The van der Waals surface area contributed by atoms with Crippen LogP contribution in [0.15, 0.2) is 36.4 Å². The highest BCUT2D eigenvalue weighted by Gasteiger charge is 2.62. The zero-order valence-corrected chi connectivity index (χ0v) is 23.3. The number of benzene rings is 2. The van der Waals surface area contributed by atoms with Crippen molar-refractivity contribution in [3.05, 3.63) is 64.2 Å². The number of rotatable bonds is 5. The second-order valence-electron chi connectivity index (χ2n) is 10.9. The topological polar surface area (TPSA) is 76.4 Å². The molecule has 0 bridgehead atoms. The van der Waals surface area contributed by atoms with Crippen molar-refractivity contribution in [1.29, 1.82) is 0 Å². The number of alkyl halides is 9. The van der Waals surface area contributed by atoms with Gasteiger partial charge in [0.1, 0.15) is 0 Å². The summed E-state index contributed by atoms with van der Waals surface area (Å²) in [4.78, 5) is 16.7. The van der Waals surface area contributed by atoms with Crippen LogP contribution in [-0.2, 0) is 36.9 Å². The van der Waals surface area contributed by atoms with Crippen LogP contribution in [0, 0.1) is 5.92 Å². The van der Waals surface area contributed by atoms with E-state index in [0.717, 1.165) is 23.0 Å². The number of aryl methyl sites for hydroxylation is 1. The van der Waals surface area contributed by atoms with Gasteiger partial charge in [-0.1, -0.05) is 12.0 Å². The number of hydrogen-bond donors (Lipinski definition) is 0. The molecule has 238 valence electrons. The van der Waals surface area contributed by atoms with Crippen molar-refractivity contribution in [2.75, 3.05) is 16.4 Å². The van der Waals surface area contributed by atoms with Gasteiger partial charge in [-0.25, -0.2) is 4.79 Å². The lowest BCUT2D eigenvalue weighted by molar-refractivity contribution is -0.143. The maximum atomic E-state index is 13.9. The first-order chi connectivity index (χ1) is 20.3. The molecule has 0 unspecified atom stereocenters. The van der Waals surface area contributed by atoms with E-state index in [9.17, 15) is 44.3 Å². The van der Waals surface area contributed by atoms with Crippen LogP contribution in [0.1, 0.15) is 60.5 Å². The molecule has 1 fully saturated rings. The average molecular weight is 637 g/mol. The van der Waals surface area contributed by atoms with Crippen molar-refractivity contribution in [3.63, 3.8) is 0 Å². The van der Waals surface area contributed by atoms with E-state index in [0.29, 0.717) is 18.6 Å². The van der Waals surface area contributed by atoms with Gasteiger partial charge in [-0.2, -0.15) is 44.3 Å². The summed E-state index contributed by atoms with van der Waals surface area (Å²) in [5.41, 5.74) is -5.60. The van der Waals surface area contributed by atoms with Crippen molar-refractivity contribution < 1.29 is 49.0 Å². The average Bonchev–Trinajstić information content (AvgIpc) is 3.32. The van der Waals surface area contributed by atoms with E-state index >= 15 is 0 Å². The molecular formula is C27H25F9N6O2. The molecule has 1 aliphatic carbocycles. The first-order valence-corrected chi connectivity index (χ1v) is 13.3. The number of hydrogen-bond acceptors (Lipinski definition) is 6. The monoisotopic (exact) mass is 636 g/mol. The summed E-state index contributed by atoms with van der Waals surface area (Å²) in [5, 5.41) is 11.7. The fourth-order valence-electron chi connectivity index (χ4n) is 5.81. The molecule has 1 aliphatic heterocycles. The molecule has 0 radical (unpaired) electrons. The van der Waals surface area contributed by atoms with Gasteiger partial charge < -0.3 is 9.64 Å². The number of amides is 1. The summed E-state index contributed by atoms with van der Waals surface area (Å²) in [6.07, 6.45) is -15.5. The van der Waals surface area contributed by atoms with Crippen molar-refractivity contribution in [2.24, 2.45) is 13.0 Å². The quantitative estimate of drug-likeness (QED) is 0.277. The van der Waals surface area contributed by atoms with E-state index in [1.165, 1.54) is 16.8 Å². The van der Waals surface area contributed by atoms with Crippen molar-refractivity contribution in [3.8, 4) is 0 Å². The van der Waals surface area contributed by atoms with Crippen molar-refractivity contribution in [2.45, 2.75) is 63.3 Å². The molecule has 1 spiro atoms. The lowest BCUT2D eigenvalue weighted by Crippen LogP contribution is -2.51. The van der Waals surface area contributed by atoms with Gasteiger partial charge in [0.05, 0.1) is 47.6 Å². The van der Waals surface area contributed by atoms with E-state index in [1.54, 1.807) is 6.92 Å². The molecule has 1 aromatic heterocycles. The Labute approximate surface area is 244 Å². The van der Waals surface area contributed by atoms with Crippen LogP contribution in [-0.4, -0.2) is 38.4 Å². The second kappa shape index (κ2) is 10.5. The molecule has 0 saturated heterocycles. The number of ether oxygens (including phenoxy) is 1. The Morgan fingerprint density at radius 1 is 0.955 bits per heavy atom. The fraction of sp³-hybridized carbons (Fsp3) is 0.481. The second-order valence-corrected chi connectivity index (χ2v) is 10.9. The van der Waals surface area contributed by atoms with Gasteiger partial charge in [0.2, 0.25) is 0 Å². The smallest absolute Gasteiger partial charge is 0.416 e. The molecule has 17 heteroatoms. The number of tetrazole rings is 1. The summed E-state index contributed by atoms with van der Waals surface area (Å²) in [7, 11) is 1.37. The predicted molar refractivity (Wildman–Crippen MR) is 136 cm³/mol. The van der Waals surface area contributed by atoms with Crippen molar-refractivity contribution in [1.82, 2.24) is 20.2 Å². The Balaban J connectivity index is 1.71. The van der Waals surface area contributed by atoms with Gasteiger partial charge in [-0.3, -0.25) is 4.90 Å². The van der Waals surface area contributed by atoms with E-state index in [2.05, 4.69) is 15.4 Å². The van der Waals surface area contributed by atoms with Crippen LogP contribution >= 0.6 is 0 Å². The third-order valence-electron chi connectivity index (χ3n) is 7.95. The molecule has 44 heavy (non-hydrogen) atoms. The lowest BCUT2D eigenvalue weighted by Gasteiger charge is -2.45. The SMILES string of the molecule is CCOC(=O)N1c2ccc(C(F)(F)F)cc2[C@@H](N(Cc2cc(C(F)(F)F)cc(C(F)(F)F)c2)c2nnn(C)n2)C[C@]12C[C@H]2C. The number of carbonyl (C=O) groups excluding carboxylic acids is 1. The number of anilines is 2. The number of halogens is 9. The first-order valence-electron chi connectivity index (χ1n) is 13.3. The normalized spacial score (nSPS) is 21.8. The molecule has 3 aromatic rings. The summed E-state index contributed by atoms with van der Waals surface area (Å²) < 4.78 is 129. The summed E-state index contributed by atoms with van der Waals surface area (Å²) in [5.74, 6) is -0.424. The minimum absolute atomic E-state index is 0.0159. The zero-order valence-electron chi connectivity index (χ0n) is 23.3. The molecule has 8 nitrogen and oxygen atoms in total. The van der Waals surface area contributed by atoms with Crippen LogP contribution in [0.2, 0.25) is 0 Å². The number of nitrogens with zero attached hydrogens (tertiary/aromatic N) is 6. The van der Waals surface area contributed by atoms with Gasteiger partial charge in [-0.05, 0) is 78.4 Å². The van der Waals surface area contributed by atoms with Crippen LogP contribution in [0.4, 0.5) is 55.9 Å². The Hall–Kier alpha value is -4.05. The van der Waals surface area contributed by atoms with Crippen LogP contribution in [0.25, 0.3) is 0 Å². The van der Waals surface area contributed by atoms with Gasteiger partial charge >= 0.3 is 24.6 Å². The van der Waals surface area contributed by atoms with Gasteiger partial charge in [-0.15, -0.1) is 5.10 Å². The minimum Gasteiger partial charge on any atom is -0.449 e. The van der Waals surface area contributed by atoms with Gasteiger partial charge in [0.15, 0.2) is 0 Å². The largest absolute Gasteiger partial charge is 0.449 e. The molecule has 1 amide bonds. The molecule has 2 aliphatic rings. The Morgan fingerprint density at radius 2 is 1.55 bits per heavy atom. The highest BCUT2D eigenvalue weighted by molar-refractivity contribution is 5.92. The summed E-state index contributed by atoms with van der Waals surface area (Å²) >= 11 is 0. The maximum Gasteiger partial charge on any atom is 0.416 e. The Bertz CT molecular complexity index is 1540. The van der Waals surface area contributed by atoms with Crippen LogP contribution in [0.5, 0.6) is 0 Å². The number of aromatic nitrogens is 4. The van der Waals surface area contributed by atoms with Crippen LogP contribution < -0.4 is 9.80 Å². The molecule has 3 atom stereocenters. The summed E-state index contributed by atoms with van der Waals surface area (Å²) in [6, 6.07) is 2.64. The maximum absolute atomic E-state index is 13.9. The zero-order chi connectivity index (χ0) is 32.4. The highest BCUT2D eigenvalue weighted by Crippen LogP contribution is 2.60. The predicted octanol–water partition coefficient (Wildman–Crippen LogP) is 7.16. The molecular weight excluding hydrogens is 611 g/mol. The Morgan fingerprint density at radius 3 is 2.02 bits per heavy atom. The van der Waals surface area contributed by atoms with E-state index in [4.69, 9.17) is 4.74 Å². The Kier molecular flexibility index (Phi) is 7.52. The van der Waals surface area contributed by atoms with E-state index in [-0.39, 0.29) is 42.2 Å². The molecule has 0 N–H and O–H groups in total. The molecule has 5 rings (SSSR count). The third kappa shape index (κ3) is 5.75. The van der Waals surface area contributed by atoms with Gasteiger partial charge in [0, 0.05) is 6.54 Å². The standard InChI is InChI=1S/C27H25F9N6O2/c1-4-44-23(43)42-20-6-5-16(25(28,29)30)10-19(20)21(12-24(42)11-14(24)2)41(22-37-39-40(3)38-22)13-15-7-17(26(31,32)33)9-18(8-15)27(34,35)36/h5-10,14,21H,4,11-13H2,1-3H3/t14-,21+,24+/m1/s1. The molecule has 1 saturated carbocycles. The third-order valence-corrected chi connectivity index (χ3v) is 7.95. The highest BCUT2D eigenvalue weighted by atomic mass is 19.4. The first kappa shape index (κ1) is 31.4.